The smallest absolute Gasteiger partial charge is 0.354 e. The summed E-state index contributed by atoms with van der Waals surface area (Å²) >= 11 is 0. The summed E-state index contributed by atoms with van der Waals surface area (Å²) in [5, 5.41) is 8.57. The average molecular weight is 191 g/mol. The Morgan fingerprint density at radius 2 is 2.43 bits per heavy atom. The third-order valence-electron chi connectivity index (χ3n) is 1.43. The predicted molar refractivity (Wildman–Crippen MR) is 50.0 cm³/mol. The Kier molecular flexibility index (Phi) is 3.65. The molecule has 1 aromatic rings. The van der Waals surface area contributed by atoms with Gasteiger partial charge in [-0.25, -0.2) is 9.78 Å². The number of aromatic nitrogens is 1. The number of aromatic carboxylic acids is 1. The highest BCUT2D eigenvalue weighted by atomic mass is 16.5. The summed E-state index contributed by atoms with van der Waals surface area (Å²) in [6.07, 6.45) is 1.42. The minimum atomic E-state index is -1.04. The maximum Gasteiger partial charge on any atom is 0.354 e. The number of carbonyl (C=O) groups is 1. The molecule has 0 radical (unpaired) electrons. The minimum absolute atomic E-state index is 0.0160. The average Bonchev–Trinajstić information content (AvgIpc) is 2.19. The van der Waals surface area contributed by atoms with Crippen LogP contribution in [0.15, 0.2) is 18.3 Å². The van der Waals surface area contributed by atoms with E-state index >= 15 is 0 Å². The Labute approximate surface area is 81.5 Å². The van der Waals surface area contributed by atoms with E-state index in [1.807, 2.05) is 0 Å². The highest BCUT2D eigenvalue weighted by Crippen LogP contribution is 1.98. The molecule has 1 rings (SSSR count). The lowest BCUT2D eigenvalue weighted by Gasteiger charge is -1.92. The zero-order valence-electron chi connectivity index (χ0n) is 7.65. The lowest BCUT2D eigenvalue weighted by atomic mass is 10.2. The molecule has 72 valence electrons. The molecule has 0 aliphatic rings. The van der Waals surface area contributed by atoms with Gasteiger partial charge in [0.05, 0.1) is 0 Å². The van der Waals surface area contributed by atoms with E-state index < -0.39 is 5.97 Å². The molecule has 0 saturated heterocycles. The van der Waals surface area contributed by atoms with Crippen LogP contribution in [0.1, 0.15) is 16.1 Å². The van der Waals surface area contributed by atoms with Crippen LogP contribution in [0.5, 0.6) is 0 Å². The van der Waals surface area contributed by atoms with Gasteiger partial charge in [0.1, 0.15) is 12.3 Å². The maximum atomic E-state index is 10.5. The Morgan fingerprint density at radius 3 is 2.93 bits per heavy atom. The number of hydrogen-bond donors (Lipinski definition) is 1. The summed E-state index contributed by atoms with van der Waals surface area (Å²) < 4.78 is 4.74. The van der Waals surface area contributed by atoms with Crippen LogP contribution < -0.4 is 0 Å². The van der Waals surface area contributed by atoms with Crippen LogP contribution in [-0.4, -0.2) is 29.8 Å². The third kappa shape index (κ3) is 2.88. The first-order valence-electron chi connectivity index (χ1n) is 3.91. The molecule has 0 fully saturated rings. The van der Waals surface area contributed by atoms with Crippen molar-refractivity contribution in [2.75, 3.05) is 13.7 Å². The van der Waals surface area contributed by atoms with Crippen LogP contribution in [0.4, 0.5) is 0 Å². The van der Waals surface area contributed by atoms with E-state index in [1.165, 1.54) is 12.3 Å². The zero-order valence-corrected chi connectivity index (χ0v) is 7.65. The van der Waals surface area contributed by atoms with E-state index in [-0.39, 0.29) is 5.69 Å². The molecule has 0 aliphatic heterocycles. The summed E-state index contributed by atoms with van der Waals surface area (Å²) in [7, 11) is 1.56. The van der Waals surface area contributed by atoms with Crippen molar-refractivity contribution in [1.29, 1.82) is 0 Å². The van der Waals surface area contributed by atoms with E-state index in [0.29, 0.717) is 12.2 Å². The number of rotatable bonds is 2. The number of pyridine rings is 1. The van der Waals surface area contributed by atoms with E-state index in [2.05, 4.69) is 16.8 Å². The molecule has 0 atom stereocenters. The van der Waals surface area contributed by atoms with Crippen LogP contribution in [0.25, 0.3) is 0 Å². The minimum Gasteiger partial charge on any atom is -0.477 e. The Hall–Kier alpha value is -1.86. The topological polar surface area (TPSA) is 59.4 Å². The number of carboxylic acids is 1. The van der Waals surface area contributed by atoms with Gasteiger partial charge in [0, 0.05) is 18.9 Å². The molecule has 0 bridgehead atoms. The van der Waals surface area contributed by atoms with Gasteiger partial charge in [-0.1, -0.05) is 11.8 Å². The fourth-order valence-electron chi connectivity index (χ4n) is 0.805. The molecule has 1 aromatic heterocycles. The van der Waals surface area contributed by atoms with Gasteiger partial charge in [0.15, 0.2) is 0 Å². The zero-order chi connectivity index (χ0) is 10.4. The fraction of sp³-hybridized carbons (Fsp3) is 0.200. The van der Waals surface area contributed by atoms with Crippen molar-refractivity contribution in [2.24, 2.45) is 0 Å². The molecule has 0 amide bonds. The van der Waals surface area contributed by atoms with Crippen molar-refractivity contribution in [3.63, 3.8) is 0 Å². The predicted octanol–water partition coefficient (Wildman–Crippen LogP) is 0.778. The monoisotopic (exact) mass is 191 g/mol. The van der Waals surface area contributed by atoms with Gasteiger partial charge < -0.3 is 9.84 Å². The summed E-state index contributed by atoms with van der Waals surface area (Å²) in [4.78, 5) is 14.2. The van der Waals surface area contributed by atoms with Gasteiger partial charge >= 0.3 is 5.97 Å². The van der Waals surface area contributed by atoms with E-state index in [0.717, 1.165) is 0 Å². The maximum absolute atomic E-state index is 10.5. The SMILES string of the molecule is COCC#Cc1ccc(C(=O)O)nc1. The van der Waals surface area contributed by atoms with Crippen molar-refractivity contribution in [1.82, 2.24) is 4.98 Å². The van der Waals surface area contributed by atoms with Crippen LogP contribution in [0.2, 0.25) is 0 Å². The molecule has 0 aromatic carbocycles. The standard InChI is InChI=1S/C10H9NO3/c1-14-6-2-3-8-4-5-9(10(12)13)11-7-8/h4-5,7H,6H2,1H3,(H,12,13). The second-order valence-electron chi connectivity index (χ2n) is 2.47. The quantitative estimate of drug-likeness (QED) is 0.702. The van der Waals surface area contributed by atoms with Crippen molar-refractivity contribution in [3.8, 4) is 11.8 Å². The second-order valence-corrected chi connectivity index (χ2v) is 2.47. The van der Waals surface area contributed by atoms with Gasteiger partial charge in [0.25, 0.3) is 0 Å². The molecule has 0 saturated carbocycles. The lowest BCUT2D eigenvalue weighted by Crippen LogP contribution is -1.99. The molecule has 0 unspecified atom stereocenters. The van der Waals surface area contributed by atoms with Crippen LogP contribution >= 0.6 is 0 Å². The number of methoxy groups -OCH3 is 1. The van der Waals surface area contributed by atoms with Gasteiger partial charge in [0.2, 0.25) is 0 Å². The van der Waals surface area contributed by atoms with Crippen LogP contribution in [-0.2, 0) is 4.74 Å². The summed E-state index contributed by atoms with van der Waals surface area (Å²) in [6.45, 7) is 0.348. The molecule has 0 spiro atoms. The van der Waals surface area contributed by atoms with Gasteiger partial charge in [-0.15, -0.1) is 0 Å². The number of nitrogens with zero attached hydrogens (tertiary/aromatic N) is 1. The normalized spacial score (nSPS) is 8.93. The van der Waals surface area contributed by atoms with E-state index in [9.17, 15) is 4.79 Å². The molecule has 14 heavy (non-hydrogen) atoms. The molecular formula is C10H9NO3. The number of hydrogen-bond acceptors (Lipinski definition) is 3. The van der Waals surface area contributed by atoms with Crippen molar-refractivity contribution in [3.05, 3.63) is 29.6 Å². The van der Waals surface area contributed by atoms with E-state index in [1.54, 1.807) is 13.2 Å². The summed E-state index contributed by atoms with van der Waals surface area (Å²) in [5.74, 6) is 4.48. The van der Waals surface area contributed by atoms with Gasteiger partial charge in [-0.05, 0) is 12.1 Å². The molecule has 0 aliphatic carbocycles. The highest BCUT2D eigenvalue weighted by molar-refractivity contribution is 5.85. The fourth-order valence-corrected chi connectivity index (χ4v) is 0.805. The summed E-state index contributed by atoms with van der Waals surface area (Å²) in [5.41, 5.74) is 0.689. The number of ether oxygens (including phenoxy) is 1. The first-order valence-corrected chi connectivity index (χ1v) is 3.91. The molecule has 1 N–H and O–H groups in total. The third-order valence-corrected chi connectivity index (χ3v) is 1.43. The van der Waals surface area contributed by atoms with Crippen LogP contribution in [0, 0.1) is 11.8 Å². The molecule has 1 heterocycles. The first kappa shape index (κ1) is 10.2. The Balaban J connectivity index is 2.75. The van der Waals surface area contributed by atoms with Gasteiger partial charge in [-0.3, -0.25) is 0 Å². The highest BCUT2D eigenvalue weighted by Gasteiger charge is 2.01. The van der Waals surface area contributed by atoms with Crippen molar-refractivity contribution < 1.29 is 14.6 Å². The largest absolute Gasteiger partial charge is 0.477 e. The molecular weight excluding hydrogens is 182 g/mol. The van der Waals surface area contributed by atoms with Gasteiger partial charge in [-0.2, -0.15) is 0 Å². The Morgan fingerprint density at radius 1 is 1.64 bits per heavy atom. The summed E-state index contributed by atoms with van der Waals surface area (Å²) in [6, 6.07) is 3.03. The molecule has 4 nitrogen and oxygen atoms in total. The second kappa shape index (κ2) is 5.00. The van der Waals surface area contributed by atoms with Crippen molar-refractivity contribution in [2.45, 2.75) is 0 Å². The first-order chi connectivity index (χ1) is 6.74. The lowest BCUT2D eigenvalue weighted by molar-refractivity contribution is 0.0690. The van der Waals surface area contributed by atoms with Crippen LogP contribution in [0.3, 0.4) is 0 Å². The van der Waals surface area contributed by atoms with E-state index in [4.69, 9.17) is 9.84 Å². The number of carboxylic acid groups (broad SMARTS) is 1. The molecule has 4 heteroatoms. The van der Waals surface area contributed by atoms with Crippen molar-refractivity contribution >= 4 is 5.97 Å². The Bertz CT molecular complexity index is 373.